The largest absolute Gasteiger partial charge is 0.314 e. The van der Waals surface area contributed by atoms with Gasteiger partial charge in [0.15, 0.2) is 0 Å². The predicted octanol–water partition coefficient (Wildman–Crippen LogP) is 3.37. The Kier molecular flexibility index (Phi) is 3.50. The maximum Gasteiger partial charge on any atom is 0.0104 e. The van der Waals surface area contributed by atoms with E-state index in [4.69, 9.17) is 0 Å². The van der Waals surface area contributed by atoms with Crippen LogP contribution in [-0.2, 0) is 0 Å². The van der Waals surface area contributed by atoms with Gasteiger partial charge in [-0.2, -0.15) is 0 Å². The SMILES string of the molecule is C=C(C)CCC(NCC)C1C2CCCC21. The van der Waals surface area contributed by atoms with Crippen LogP contribution in [0.2, 0.25) is 0 Å². The highest BCUT2D eigenvalue weighted by atomic mass is 14.9. The van der Waals surface area contributed by atoms with Gasteiger partial charge in [-0.05, 0) is 56.9 Å². The van der Waals surface area contributed by atoms with Crippen LogP contribution in [0.5, 0.6) is 0 Å². The molecule has 0 bridgehead atoms. The minimum atomic E-state index is 0.780. The maximum absolute atomic E-state index is 4.01. The van der Waals surface area contributed by atoms with Gasteiger partial charge in [-0.15, -0.1) is 6.58 Å². The van der Waals surface area contributed by atoms with Gasteiger partial charge in [0.25, 0.3) is 0 Å². The Morgan fingerprint density at radius 1 is 1.40 bits per heavy atom. The molecule has 3 atom stereocenters. The van der Waals surface area contributed by atoms with E-state index >= 15 is 0 Å². The fourth-order valence-corrected chi connectivity index (χ4v) is 3.57. The molecule has 0 radical (unpaired) electrons. The molecule has 15 heavy (non-hydrogen) atoms. The van der Waals surface area contributed by atoms with Crippen LogP contribution in [0.3, 0.4) is 0 Å². The molecule has 1 N–H and O–H groups in total. The van der Waals surface area contributed by atoms with Gasteiger partial charge < -0.3 is 5.32 Å². The van der Waals surface area contributed by atoms with Crippen molar-refractivity contribution in [3.8, 4) is 0 Å². The summed E-state index contributed by atoms with van der Waals surface area (Å²) >= 11 is 0. The van der Waals surface area contributed by atoms with E-state index in [0.717, 1.165) is 30.3 Å². The van der Waals surface area contributed by atoms with Crippen molar-refractivity contribution in [2.75, 3.05) is 6.54 Å². The Morgan fingerprint density at radius 3 is 2.60 bits per heavy atom. The average Bonchev–Trinajstić information content (AvgIpc) is 2.68. The molecule has 2 rings (SSSR count). The highest BCUT2D eigenvalue weighted by molar-refractivity contribution is 5.07. The summed E-state index contributed by atoms with van der Waals surface area (Å²) in [6.45, 7) is 9.51. The lowest BCUT2D eigenvalue weighted by Crippen LogP contribution is -2.32. The molecular weight excluding hydrogens is 182 g/mol. The minimum Gasteiger partial charge on any atom is -0.314 e. The third-order valence-corrected chi connectivity index (χ3v) is 4.29. The number of rotatable bonds is 6. The normalized spacial score (nSPS) is 34.9. The van der Waals surface area contributed by atoms with Gasteiger partial charge in [-0.3, -0.25) is 0 Å². The quantitative estimate of drug-likeness (QED) is 0.658. The van der Waals surface area contributed by atoms with Crippen LogP contribution < -0.4 is 5.32 Å². The van der Waals surface area contributed by atoms with Crippen molar-refractivity contribution in [3.63, 3.8) is 0 Å². The van der Waals surface area contributed by atoms with Crippen molar-refractivity contribution in [3.05, 3.63) is 12.2 Å². The third-order valence-electron chi connectivity index (χ3n) is 4.29. The van der Waals surface area contributed by atoms with Crippen molar-refractivity contribution in [1.82, 2.24) is 5.32 Å². The van der Waals surface area contributed by atoms with E-state index in [-0.39, 0.29) is 0 Å². The first-order valence-corrected chi connectivity index (χ1v) is 6.61. The summed E-state index contributed by atoms with van der Waals surface area (Å²) in [6.07, 6.45) is 7.01. The number of nitrogens with one attached hydrogen (secondary N) is 1. The van der Waals surface area contributed by atoms with Crippen LogP contribution >= 0.6 is 0 Å². The summed E-state index contributed by atoms with van der Waals surface area (Å²) in [4.78, 5) is 0. The van der Waals surface area contributed by atoms with Crippen molar-refractivity contribution in [2.45, 2.75) is 52.0 Å². The molecule has 2 aliphatic carbocycles. The Morgan fingerprint density at radius 2 is 2.07 bits per heavy atom. The number of hydrogen-bond acceptors (Lipinski definition) is 1. The molecule has 86 valence electrons. The number of allylic oxidation sites excluding steroid dienone is 1. The molecule has 3 unspecified atom stereocenters. The number of hydrogen-bond donors (Lipinski definition) is 1. The lowest BCUT2D eigenvalue weighted by Gasteiger charge is -2.19. The van der Waals surface area contributed by atoms with Crippen molar-refractivity contribution in [2.24, 2.45) is 17.8 Å². The summed E-state index contributed by atoms with van der Waals surface area (Å²) in [5.74, 6) is 3.18. The molecule has 1 heteroatoms. The van der Waals surface area contributed by atoms with E-state index in [1.54, 1.807) is 0 Å². The highest BCUT2D eigenvalue weighted by Gasteiger charge is 2.55. The zero-order valence-corrected chi connectivity index (χ0v) is 10.3. The molecule has 0 spiro atoms. The minimum absolute atomic E-state index is 0.780. The van der Waals surface area contributed by atoms with Gasteiger partial charge in [0.05, 0.1) is 0 Å². The molecule has 0 aliphatic heterocycles. The van der Waals surface area contributed by atoms with Gasteiger partial charge in [0.1, 0.15) is 0 Å². The molecular formula is C14H25N. The Labute approximate surface area is 94.3 Å². The van der Waals surface area contributed by atoms with E-state index in [9.17, 15) is 0 Å². The first kappa shape index (κ1) is 11.2. The van der Waals surface area contributed by atoms with Crippen LogP contribution in [0.15, 0.2) is 12.2 Å². The summed E-state index contributed by atoms with van der Waals surface area (Å²) in [7, 11) is 0. The molecule has 1 nitrogen and oxygen atoms in total. The first-order chi connectivity index (χ1) is 7.24. The summed E-state index contributed by atoms with van der Waals surface area (Å²) in [5, 5.41) is 3.69. The fourth-order valence-electron chi connectivity index (χ4n) is 3.57. The zero-order chi connectivity index (χ0) is 10.8. The third kappa shape index (κ3) is 2.44. The van der Waals surface area contributed by atoms with Gasteiger partial charge in [0.2, 0.25) is 0 Å². The predicted molar refractivity (Wildman–Crippen MR) is 65.8 cm³/mol. The van der Waals surface area contributed by atoms with E-state index in [1.165, 1.54) is 37.7 Å². The molecule has 2 aliphatic rings. The molecule has 0 aromatic carbocycles. The smallest absolute Gasteiger partial charge is 0.0104 e. The molecule has 2 saturated carbocycles. The van der Waals surface area contributed by atoms with Crippen LogP contribution in [0, 0.1) is 17.8 Å². The summed E-state index contributed by atoms with van der Waals surface area (Å²) < 4.78 is 0. The van der Waals surface area contributed by atoms with Crippen LogP contribution in [0.25, 0.3) is 0 Å². The maximum atomic E-state index is 4.01. The molecule has 0 aromatic rings. The van der Waals surface area contributed by atoms with E-state index in [2.05, 4.69) is 25.7 Å². The van der Waals surface area contributed by atoms with Crippen LogP contribution in [0.4, 0.5) is 0 Å². The number of fused-ring (bicyclic) bond motifs is 1. The van der Waals surface area contributed by atoms with E-state index in [0.29, 0.717) is 0 Å². The Hall–Kier alpha value is -0.300. The second-order valence-corrected chi connectivity index (χ2v) is 5.50. The monoisotopic (exact) mass is 207 g/mol. The van der Waals surface area contributed by atoms with Crippen molar-refractivity contribution in [1.29, 1.82) is 0 Å². The molecule has 0 amide bonds. The Balaban J connectivity index is 1.81. The summed E-state index contributed by atoms with van der Waals surface area (Å²) in [5.41, 5.74) is 1.34. The van der Waals surface area contributed by atoms with Crippen LogP contribution in [0.1, 0.15) is 46.0 Å². The molecule has 0 aromatic heterocycles. The van der Waals surface area contributed by atoms with E-state index < -0.39 is 0 Å². The topological polar surface area (TPSA) is 12.0 Å². The summed E-state index contributed by atoms with van der Waals surface area (Å²) in [6, 6.07) is 0.780. The average molecular weight is 207 g/mol. The highest BCUT2D eigenvalue weighted by Crippen LogP contribution is 2.59. The zero-order valence-electron chi connectivity index (χ0n) is 10.3. The standard InChI is InChI=1S/C14H25N/c1-4-15-13(9-8-10(2)3)14-11-6-5-7-12(11)14/h11-15H,2,4-9H2,1,3H3. The van der Waals surface area contributed by atoms with Crippen molar-refractivity contribution >= 4 is 0 Å². The van der Waals surface area contributed by atoms with Gasteiger partial charge in [-0.1, -0.05) is 18.9 Å². The van der Waals surface area contributed by atoms with E-state index in [1.807, 2.05) is 0 Å². The lowest BCUT2D eigenvalue weighted by molar-refractivity contribution is 0.392. The first-order valence-electron chi connectivity index (χ1n) is 6.61. The second-order valence-electron chi connectivity index (χ2n) is 5.50. The molecule has 2 fully saturated rings. The van der Waals surface area contributed by atoms with Gasteiger partial charge in [-0.25, -0.2) is 0 Å². The lowest BCUT2D eigenvalue weighted by atomic mass is 9.98. The fraction of sp³-hybridized carbons (Fsp3) is 0.857. The Bertz CT molecular complexity index is 223. The van der Waals surface area contributed by atoms with Gasteiger partial charge in [0, 0.05) is 6.04 Å². The second kappa shape index (κ2) is 4.69. The molecule has 0 saturated heterocycles. The van der Waals surface area contributed by atoms with Gasteiger partial charge >= 0.3 is 0 Å². The van der Waals surface area contributed by atoms with Crippen molar-refractivity contribution < 1.29 is 0 Å². The van der Waals surface area contributed by atoms with Crippen LogP contribution in [-0.4, -0.2) is 12.6 Å². The molecule has 0 heterocycles.